The van der Waals surface area contributed by atoms with Gasteiger partial charge in [-0.2, -0.15) is 0 Å². The van der Waals surface area contributed by atoms with Crippen molar-refractivity contribution in [3.05, 3.63) is 39.6 Å². The van der Waals surface area contributed by atoms with E-state index in [-0.39, 0.29) is 0 Å². The van der Waals surface area contributed by atoms with Gasteiger partial charge < -0.3 is 10.6 Å². The highest BCUT2D eigenvalue weighted by Gasteiger charge is 2.08. The van der Waals surface area contributed by atoms with Crippen molar-refractivity contribution in [3.8, 4) is 0 Å². The van der Waals surface area contributed by atoms with Gasteiger partial charge in [0.15, 0.2) is 0 Å². The van der Waals surface area contributed by atoms with E-state index in [1.807, 2.05) is 31.2 Å². The maximum absolute atomic E-state index is 6.11. The summed E-state index contributed by atoms with van der Waals surface area (Å²) in [5.41, 5.74) is 0.881. The molecule has 1 heterocycles. The van der Waals surface area contributed by atoms with Crippen molar-refractivity contribution in [3.63, 3.8) is 0 Å². The fourth-order valence-corrected chi connectivity index (χ4v) is 2.44. The van der Waals surface area contributed by atoms with Crippen molar-refractivity contribution in [2.75, 3.05) is 17.2 Å². The molecule has 0 spiro atoms. The number of nitrogens with zero attached hydrogens (tertiary/aromatic N) is 2. The molecule has 0 fully saturated rings. The highest BCUT2D eigenvalue weighted by Crippen LogP contribution is 2.32. The Kier molecular flexibility index (Phi) is 5.82. The lowest BCUT2D eigenvalue weighted by Crippen LogP contribution is -2.06. The molecule has 0 amide bonds. The molecular formula is C15H18BrClN4. The molecular weight excluding hydrogens is 352 g/mol. The third-order valence-electron chi connectivity index (χ3n) is 2.82. The molecule has 0 saturated carbocycles. The van der Waals surface area contributed by atoms with Crippen LogP contribution in [0, 0.1) is 0 Å². The molecule has 21 heavy (non-hydrogen) atoms. The fourth-order valence-electron chi connectivity index (χ4n) is 1.91. The second-order valence-corrected chi connectivity index (χ2v) is 5.76. The van der Waals surface area contributed by atoms with Gasteiger partial charge in [-0.15, -0.1) is 0 Å². The Hall–Kier alpha value is -1.33. The number of nitrogens with one attached hydrogen (secondary N) is 2. The lowest BCUT2D eigenvalue weighted by Gasteiger charge is -2.12. The molecule has 0 aliphatic rings. The highest BCUT2D eigenvalue weighted by atomic mass is 79.9. The monoisotopic (exact) mass is 368 g/mol. The standard InChI is InChI=1S/C15H18BrClN4/c1-3-6-12-20-13(18-4-2)9-14(21-12)19-11-8-5-7-10(17)15(11)16/h5,7-9H,3-4,6H2,1-2H3,(H2,18,19,20,21). The summed E-state index contributed by atoms with van der Waals surface area (Å²) in [6, 6.07) is 7.58. The van der Waals surface area contributed by atoms with E-state index in [1.165, 1.54) is 0 Å². The third-order valence-corrected chi connectivity index (χ3v) is 4.22. The van der Waals surface area contributed by atoms with E-state index in [0.717, 1.165) is 47.0 Å². The summed E-state index contributed by atoms with van der Waals surface area (Å²) in [4.78, 5) is 9.04. The Morgan fingerprint density at radius 3 is 2.67 bits per heavy atom. The summed E-state index contributed by atoms with van der Waals surface area (Å²) >= 11 is 9.59. The van der Waals surface area contributed by atoms with Crippen LogP contribution in [0.4, 0.5) is 17.3 Å². The van der Waals surface area contributed by atoms with Crippen LogP contribution in [0.2, 0.25) is 5.02 Å². The zero-order valence-corrected chi connectivity index (χ0v) is 14.4. The first-order chi connectivity index (χ1) is 10.1. The molecule has 2 N–H and O–H groups in total. The van der Waals surface area contributed by atoms with Gasteiger partial charge in [0, 0.05) is 19.0 Å². The Bertz CT molecular complexity index is 594. The molecule has 2 rings (SSSR count). The summed E-state index contributed by atoms with van der Waals surface area (Å²) in [5.74, 6) is 2.42. The Balaban J connectivity index is 2.31. The zero-order valence-electron chi connectivity index (χ0n) is 12.1. The molecule has 1 aromatic heterocycles. The first-order valence-corrected chi connectivity index (χ1v) is 8.14. The van der Waals surface area contributed by atoms with Gasteiger partial charge in [0.05, 0.1) is 15.2 Å². The smallest absolute Gasteiger partial charge is 0.136 e. The summed E-state index contributed by atoms with van der Waals surface area (Å²) in [5, 5.41) is 7.18. The van der Waals surface area contributed by atoms with Gasteiger partial charge in [-0.3, -0.25) is 0 Å². The minimum Gasteiger partial charge on any atom is -0.370 e. The van der Waals surface area contributed by atoms with Crippen LogP contribution < -0.4 is 10.6 Å². The summed E-state index contributed by atoms with van der Waals surface area (Å²) in [6.45, 7) is 4.98. The maximum atomic E-state index is 6.11. The molecule has 0 saturated heterocycles. The van der Waals surface area contributed by atoms with Crippen molar-refractivity contribution in [1.82, 2.24) is 9.97 Å². The van der Waals surface area contributed by atoms with Crippen LogP contribution in [-0.2, 0) is 6.42 Å². The molecule has 0 radical (unpaired) electrons. The van der Waals surface area contributed by atoms with Crippen LogP contribution in [0.1, 0.15) is 26.1 Å². The topological polar surface area (TPSA) is 49.8 Å². The molecule has 112 valence electrons. The number of halogens is 2. The van der Waals surface area contributed by atoms with Crippen molar-refractivity contribution >= 4 is 44.9 Å². The van der Waals surface area contributed by atoms with Crippen molar-refractivity contribution < 1.29 is 0 Å². The van der Waals surface area contributed by atoms with Crippen LogP contribution >= 0.6 is 27.5 Å². The fraction of sp³-hybridized carbons (Fsp3) is 0.333. The number of benzene rings is 1. The third kappa shape index (κ3) is 4.32. The van der Waals surface area contributed by atoms with Gasteiger partial charge in [0.25, 0.3) is 0 Å². The first-order valence-electron chi connectivity index (χ1n) is 6.97. The lowest BCUT2D eigenvalue weighted by molar-refractivity contribution is 0.836. The molecule has 1 aromatic carbocycles. The lowest BCUT2D eigenvalue weighted by atomic mass is 10.3. The number of hydrogen-bond donors (Lipinski definition) is 2. The minimum atomic E-state index is 0.662. The van der Waals surface area contributed by atoms with Crippen molar-refractivity contribution in [2.45, 2.75) is 26.7 Å². The van der Waals surface area contributed by atoms with Gasteiger partial charge >= 0.3 is 0 Å². The quantitative estimate of drug-likeness (QED) is 0.750. The largest absolute Gasteiger partial charge is 0.370 e. The minimum absolute atomic E-state index is 0.662. The van der Waals surface area contributed by atoms with E-state index >= 15 is 0 Å². The molecule has 4 nitrogen and oxygen atoms in total. The predicted octanol–water partition coefficient (Wildman–Crippen LogP) is 5.02. The van der Waals surface area contributed by atoms with Crippen molar-refractivity contribution in [2.24, 2.45) is 0 Å². The Morgan fingerprint density at radius 2 is 1.95 bits per heavy atom. The Morgan fingerprint density at radius 1 is 1.19 bits per heavy atom. The number of rotatable bonds is 6. The van der Waals surface area contributed by atoms with Gasteiger partial charge in [-0.05, 0) is 41.4 Å². The number of aromatic nitrogens is 2. The molecule has 0 unspecified atom stereocenters. The highest BCUT2D eigenvalue weighted by molar-refractivity contribution is 9.10. The second kappa shape index (κ2) is 7.61. The van der Waals surface area contributed by atoms with Gasteiger partial charge in [0.2, 0.25) is 0 Å². The average molecular weight is 370 g/mol. The van der Waals surface area contributed by atoms with Crippen LogP contribution in [0.15, 0.2) is 28.7 Å². The van der Waals surface area contributed by atoms with Crippen LogP contribution in [0.5, 0.6) is 0 Å². The molecule has 0 bridgehead atoms. The molecule has 6 heteroatoms. The molecule has 0 aliphatic carbocycles. The number of anilines is 3. The average Bonchev–Trinajstić information content (AvgIpc) is 2.44. The van der Waals surface area contributed by atoms with Crippen LogP contribution in [0.3, 0.4) is 0 Å². The zero-order chi connectivity index (χ0) is 15.2. The van der Waals surface area contributed by atoms with E-state index in [1.54, 1.807) is 0 Å². The van der Waals surface area contributed by atoms with E-state index in [9.17, 15) is 0 Å². The maximum Gasteiger partial charge on any atom is 0.136 e. The van der Waals surface area contributed by atoms with Crippen LogP contribution in [-0.4, -0.2) is 16.5 Å². The van der Waals surface area contributed by atoms with E-state index in [4.69, 9.17) is 11.6 Å². The van der Waals surface area contributed by atoms with E-state index in [0.29, 0.717) is 5.02 Å². The van der Waals surface area contributed by atoms with Gasteiger partial charge in [-0.1, -0.05) is 24.6 Å². The number of aryl methyl sites for hydroxylation is 1. The van der Waals surface area contributed by atoms with Crippen molar-refractivity contribution in [1.29, 1.82) is 0 Å². The van der Waals surface area contributed by atoms with E-state index in [2.05, 4.69) is 43.5 Å². The SMILES string of the molecule is CCCc1nc(NCC)cc(Nc2cccc(Cl)c2Br)n1. The molecule has 0 atom stereocenters. The normalized spacial score (nSPS) is 10.5. The van der Waals surface area contributed by atoms with Gasteiger partial charge in [-0.25, -0.2) is 9.97 Å². The molecule has 0 aliphatic heterocycles. The predicted molar refractivity (Wildman–Crippen MR) is 92.6 cm³/mol. The Labute approximate surface area is 138 Å². The van der Waals surface area contributed by atoms with E-state index < -0.39 is 0 Å². The molecule has 2 aromatic rings. The summed E-state index contributed by atoms with van der Waals surface area (Å²) in [6.07, 6.45) is 1.86. The van der Waals surface area contributed by atoms with Gasteiger partial charge in [0.1, 0.15) is 17.5 Å². The second-order valence-electron chi connectivity index (χ2n) is 4.56. The first kappa shape index (κ1) is 16.0. The summed E-state index contributed by atoms with van der Waals surface area (Å²) < 4.78 is 0.826. The summed E-state index contributed by atoms with van der Waals surface area (Å²) in [7, 11) is 0. The number of hydrogen-bond acceptors (Lipinski definition) is 4. The van der Waals surface area contributed by atoms with Crippen LogP contribution in [0.25, 0.3) is 0 Å².